The molecule has 1 rings (SSSR count). The molecule has 0 fully saturated rings. The van der Waals surface area contributed by atoms with Crippen LogP contribution in [-0.4, -0.2) is 57.1 Å². The van der Waals surface area contributed by atoms with Crippen molar-refractivity contribution in [2.45, 2.75) is 19.4 Å². The normalized spacial score (nSPS) is 13.1. The van der Waals surface area contributed by atoms with E-state index in [9.17, 15) is 0 Å². The van der Waals surface area contributed by atoms with Crippen LogP contribution in [0.25, 0.3) is 0 Å². The maximum atomic E-state index is 6.39. The first-order valence-corrected chi connectivity index (χ1v) is 8.62. The van der Waals surface area contributed by atoms with Gasteiger partial charge in [0, 0.05) is 28.6 Å². The molecule has 0 aliphatic carbocycles. The minimum atomic E-state index is 0.303. The summed E-state index contributed by atoms with van der Waals surface area (Å²) in [5, 5.41) is 4.37. The molecule has 1 aromatic rings. The summed E-state index contributed by atoms with van der Waals surface area (Å²) >= 11 is 9.85. The second-order valence-corrected chi connectivity index (χ2v) is 6.99. The van der Waals surface area contributed by atoms with Crippen molar-refractivity contribution >= 4 is 27.5 Å². The molecule has 0 radical (unpaired) electrons. The highest BCUT2D eigenvalue weighted by atomic mass is 79.9. The Morgan fingerprint density at radius 2 is 1.90 bits per heavy atom. The SMILES string of the molecule is CCNC(CCN(C)CCN(C)C)c1ccc(Br)cc1Cl. The number of halogens is 2. The Morgan fingerprint density at radius 3 is 2.48 bits per heavy atom. The molecule has 1 unspecified atom stereocenters. The van der Waals surface area contributed by atoms with E-state index in [-0.39, 0.29) is 0 Å². The van der Waals surface area contributed by atoms with Crippen molar-refractivity contribution in [1.82, 2.24) is 15.1 Å². The van der Waals surface area contributed by atoms with E-state index in [0.717, 1.165) is 42.1 Å². The highest BCUT2D eigenvalue weighted by molar-refractivity contribution is 9.10. The van der Waals surface area contributed by atoms with Crippen LogP contribution in [0.3, 0.4) is 0 Å². The number of nitrogens with one attached hydrogen (secondary N) is 1. The summed E-state index contributed by atoms with van der Waals surface area (Å²) in [6, 6.07) is 6.44. The van der Waals surface area contributed by atoms with Crippen molar-refractivity contribution in [1.29, 1.82) is 0 Å². The van der Waals surface area contributed by atoms with Crippen LogP contribution in [-0.2, 0) is 0 Å². The Balaban J connectivity index is 2.61. The third kappa shape index (κ3) is 7.11. The Morgan fingerprint density at radius 1 is 1.19 bits per heavy atom. The molecule has 21 heavy (non-hydrogen) atoms. The number of rotatable bonds is 9. The van der Waals surface area contributed by atoms with Crippen LogP contribution in [0.1, 0.15) is 24.9 Å². The maximum Gasteiger partial charge on any atom is 0.0465 e. The molecule has 0 saturated heterocycles. The molecule has 0 aromatic heterocycles. The molecule has 0 bridgehead atoms. The van der Waals surface area contributed by atoms with Gasteiger partial charge < -0.3 is 15.1 Å². The van der Waals surface area contributed by atoms with E-state index in [1.54, 1.807) is 0 Å². The van der Waals surface area contributed by atoms with Crippen molar-refractivity contribution in [2.24, 2.45) is 0 Å². The molecule has 5 heteroatoms. The van der Waals surface area contributed by atoms with Gasteiger partial charge in [0.1, 0.15) is 0 Å². The van der Waals surface area contributed by atoms with Crippen LogP contribution in [0.5, 0.6) is 0 Å². The van der Waals surface area contributed by atoms with Gasteiger partial charge in [-0.1, -0.05) is 40.5 Å². The molecule has 0 aliphatic rings. The molecule has 1 aromatic carbocycles. The molecule has 1 atom stereocenters. The van der Waals surface area contributed by atoms with Crippen LogP contribution in [0.4, 0.5) is 0 Å². The van der Waals surface area contributed by atoms with Crippen LogP contribution in [0, 0.1) is 0 Å². The fourth-order valence-corrected chi connectivity index (χ4v) is 3.04. The van der Waals surface area contributed by atoms with Crippen molar-refractivity contribution in [2.75, 3.05) is 47.3 Å². The van der Waals surface area contributed by atoms with Crippen LogP contribution in [0.2, 0.25) is 5.02 Å². The van der Waals surface area contributed by atoms with E-state index < -0.39 is 0 Å². The second-order valence-electron chi connectivity index (χ2n) is 5.67. The van der Waals surface area contributed by atoms with Gasteiger partial charge in [-0.05, 0) is 58.3 Å². The van der Waals surface area contributed by atoms with Crippen molar-refractivity contribution in [3.8, 4) is 0 Å². The first kappa shape index (κ1) is 18.9. The van der Waals surface area contributed by atoms with Gasteiger partial charge in [-0.2, -0.15) is 0 Å². The maximum absolute atomic E-state index is 6.39. The highest BCUT2D eigenvalue weighted by Gasteiger charge is 2.14. The number of hydrogen-bond donors (Lipinski definition) is 1. The van der Waals surface area contributed by atoms with Crippen molar-refractivity contribution in [3.05, 3.63) is 33.3 Å². The largest absolute Gasteiger partial charge is 0.310 e. The molecule has 0 saturated carbocycles. The zero-order valence-electron chi connectivity index (χ0n) is 13.5. The zero-order chi connectivity index (χ0) is 15.8. The quantitative estimate of drug-likeness (QED) is 0.710. The van der Waals surface area contributed by atoms with E-state index >= 15 is 0 Å². The summed E-state index contributed by atoms with van der Waals surface area (Å²) in [5.74, 6) is 0. The number of hydrogen-bond acceptors (Lipinski definition) is 3. The highest BCUT2D eigenvalue weighted by Crippen LogP contribution is 2.28. The molecular formula is C16H27BrClN3. The summed E-state index contributed by atoms with van der Waals surface area (Å²) in [6.45, 7) is 6.30. The van der Waals surface area contributed by atoms with Crippen LogP contribution in [0.15, 0.2) is 22.7 Å². The topological polar surface area (TPSA) is 18.5 Å². The molecular weight excluding hydrogens is 350 g/mol. The predicted molar refractivity (Wildman–Crippen MR) is 96.2 cm³/mol. The molecule has 0 spiro atoms. The van der Waals surface area contributed by atoms with E-state index in [4.69, 9.17) is 11.6 Å². The fourth-order valence-electron chi connectivity index (χ4n) is 2.23. The molecule has 0 aliphatic heterocycles. The minimum absolute atomic E-state index is 0.303. The van der Waals surface area contributed by atoms with Gasteiger partial charge >= 0.3 is 0 Å². The zero-order valence-corrected chi connectivity index (χ0v) is 15.8. The summed E-state index contributed by atoms with van der Waals surface area (Å²) in [7, 11) is 6.39. The number of benzene rings is 1. The van der Waals surface area contributed by atoms with Gasteiger partial charge in [-0.15, -0.1) is 0 Å². The summed E-state index contributed by atoms with van der Waals surface area (Å²) in [5.41, 5.74) is 1.18. The van der Waals surface area contributed by atoms with Gasteiger partial charge in [-0.25, -0.2) is 0 Å². The first-order chi connectivity index (χ1) is 9.93. The lowest BCUT2D eigenvalue weighted by Crippen LogP contribution is -2.32. The standard InChI is InChI=1S/C16H27BrClN3/c1-5-19-16(8-9-21(4)11-10-20(2)3)14-7-6-13(17)12-15(14)18/h6-7,12,16,19H,5,8-11H2,1-4H3. The smallest absolute Gasteiger partial charge is 0.0465 e. The Kier molecular flexibility index (Phi) is 8.83. The summed E-state index contributed by atoms with van der Waals surface area (Å²) < 4.78 is 1.02. The van der Waals surface area contributed by atoms with Gasteiger partial charge in [0.25, 0.3) is 0 Å². The third-order valence-electron chi connectivity index (χ3n) is 3.52. The van der Waals surface area contributed by atoms with E-state index in [0.29, 0.717) is 6.04 Å². The van der Waals surface area contributed by atoms with Gasteiger partial charge in [-0.3, -0.25) is 0 Å². The Labute approximate surface area is 142 Å². The van der Waals surface area contributed by atoms with E-state index in [2.05, 4.69) is 71.2 Å². The third-order valence-corrected chi connectivity index (χ3v) is 4.34. The molecule has 120 valence electrons. The number of nitrogens with zero attached hydrogens (tertiary/aromatic N) is 2. The Bertz CT molecular complexity index is 426. The summed E-state index contributed by atoms with van der Waals surface area (Å²) in [4.78, 5) is 4.58. The summed E-state index contributed by atoms with van der Waals surface area (Å²) in [6.07, 6.45) is 1.05. The molecule has 3 nitrogen and oxygen atoms in total. The van der Waals surface area contributed by atoms with Crippen molar-refractivity contribution in [3.63, 3.8) is 0 Å². The van der Waals surface area contributed by atoms with Crippen LogP contribution >= 0.6 is 27.5 Å². The molecule has 0 amide bonds. The fraction of sp³-hybridized carbons (Fsp3) is 0.625. The Hall–Kier alpha value is -0.130. The molecule has 0 heterocycles. The van der Waals surface area contributed by atoms with Gasteiger partial charge in [0.2, 0.25) is 0 Å². The number of likely N-dealkylation sites (N-methyl/N-ethyl adjacent to an activating group) is 2. The first-order valence-electron chi connectivity index (χ1n) is 7.45. The lowest BCUT2D eigenvalue weighted by molar-refractivity contribution is 0.268. The van der Waals surface area contributed by atoms with E-state index in [1.165, 1.54) is 5.56 Å². The van der Waals surface area contributed by atoms with E-state index in [1.807, 2.05) is 6.07 Å². The monoisotopic (exact) mass is 375 g/mol. The second kappa shape index (κ2) is 9.80. The van der Waals surface area contributed by atoms with Gasteiger partial charge in [0.15, 0.2) is 0 Å². The predicted octanol–water partition coefficient (Wildman–Crippen LogP) is 3.64. The lowest BCUT2D eigenvalue weighted by Gasteiger charge is -2.24. The average Bonchev–Trinajstić information content (AvgIpc) is 2.41. The van der Waals surface area contributed by atoms with Gasteiger partial charge in [0.05, 0.1) is 0 Å². The molecule has 1 N–H and O–H groups in total. The minimum Gasteiger partial charge on any atom is -0.310 e. The average molecular weight is 377 g/mol. The van der Waals surface area contributed by atoms with Crippen molar-refractivity contribution < 1.29 is 0 Å². The van der Waals surface area contributed by atoms with Crippen LogP contribution < -0.4 is 5.32 Å². The lowest BCUT2D eigenvalue weighted by atomic mass is 10.0.